The first-order valence-corrected chi connectivity index (χ1v) is 9.41. The third-order valence-corrected chi connectivity index (χ3v) is 5.52. The molecule has 2 amide bonds. The fourth-order valence-electron chi connectivity index (χ4n) is 3.93. The Labute approximate surface area is 154 Å². The van der Waals surface area contributed by atoms with Crippen LogP contribution in [0, 0.1) is 11.8 Å². The summed E-state index contributed by atoms with van der Waals surface area (Å²) in [5.41, 5.74) is 3.47. The van der Waals surface area contributed by atoms with Gasteiger partial charge in [0.1, 0.15) is 0 Å². The number of carbonyl (C=O) groups excluding carboxylic acids is 2. The predicted molar refractivity (Wildman–Crippen MR) is 102 cm³/mol. The highest BCUT2D eigenvalue weighted by Gasteiger charge is 2.51. The van der Waals surface area contributed by atoms with E-state index in [1.54, 1.807) is 4.90 Å². The second-order valence-corrected chi connectivity index (χ2v) is 7.15. The molecule has 1 aliphatic carbocycles. The zero-order valence-electron chi connectivity index (χ0n) is 15.1. The fraction of sp³-hybridized carbons (Fsp3) is 0.364. The monoisotopic (exact) mass is 348 g/mol. The molecule has 4 rings (SSSR count). The molecule has 0 spiro atoms. The first-order chi connectivity index (χ1) is 12.7. The van der Waals surface area contributed by atoms with Crippen LogP contribution >= 0.6 is 0 Å². The number of benzene rings is 2. The zero-order valence-corrected chi connectivity index (χ0v) is 15.1. The maximum absolute atomic E-state index is 12.9. The summed E-state index contributed by atoms with van der Waals surface area (Å²) in [5.74, 6) is -0.0956. The molecule has 4 heteroatoms. The second-order valence-electron chi connectivity index (χ2n) is 7.15. The number of hydrogen-bond acceptors (Lipinski definition) is 2. The lowest BCUT2D eigenvalue weighted by atomic mass is 9.99. The molecule has 134 valence electrons. The van der Waals surface area contributed by atoms with Crippen molar-refractivity contribution in [3.8, 4) is 0 Å². The number of hydrogen-bond donors (Lipinski definition) is 0. The normalized spacial score (nSPS) is 21.0. The molecule has 0 aromatic heterocycles. The van der Waals surface area contributed by atoms with Crippen LogP contribution in [0.2, 0.25) is 0 Å². The Kier molecular flexibility index (Phi) is 4.49. The maximum Gasteiger partial charge on any atom is 0.230 e. The molecule has 4 nitrogen and oxygen atoms in total. The average molecular weight is 348 g/mol. The van der Waals surface area contributed by atoms with E-state index >= 15 is 0 Å². The molecule has 26 heavy (non-hydrogen) atoms. The smallest absolute Gasteiger partial charge is 0.230 e. The Morgan fingerprint density at radius 2 is 1.69 bits per heavy atom. The van der Waals surface area contributed by atoms with Crippen LogP contribution in [0.5, 0.6) is 0 Å². The van der Waals surface area contributed by atoms with Gasteiger partial charge in [-0.3, -0.25) is 9.59 Å². The molecule has 0 N–H and O–H groups in total. The van der Waals surface area contributed by atoms with E-state index in [1.165, 1.54) is 11.1 Å². The van der Waals surface area contributed by atoms with E-state index in [4.69, 9.17) is 0 Å². The highest BCUT2D eigenvalue weighted by molar-refractivity contribution is 6.01. The van der Waals surface area contributed by atoms with E-state index in [0.717, 1.165) is 18.7 Å². The van der Waals surface area contributed by atoms with Crippen molar-refractivity contribution in [3.63, 3.8) is 0 Å². The third kappa shape index (κ3) is 3.12. The van der Waals surface area contributed by atoms with Crippen LogP contribution in [-0.4, -0.2) is 29.8 Å². The largest absolute Gasteiger partial charge is 0.338 e. The third-order valence-electron chi connectivity index (χ3n) is 5.52. The first kappa shape index (κ1) is 16.8. The van der Waals surface area contributed by atoms with Crippen molar-refractivity contribution in [2.75, 3.05) is 18.0 Å². The topological polar surface area (TPSA) is 40.6 Å². The first-order valence-electron chi connectivity index (χ1n) is 9.41. The van der Waals surface area contributed by atoms with Gasteiger partial charge in [0.05, 0.1) is 11.8 Å². The van der Waals surface area contributed by atoms with Gasteiger partial charge in [0.2, 0.25) is 11.8 Å². The maximum atomic E-state index is 12.9. The van der Waals surface area contributed by atoms with Crippen molar-refractivity contribution in [3.05, 3.63) is 65.7 Å². The molecule has 2 aromatic rings. The minimum absolute atomic E-state index is 0.0782. The van der Waals surface area contributed by atoms with E-state index in [9.17, 15) is 9.59 Å². The molecule has 1 saturated carbocycles. The van der Waals surface area contributed by atoms with Gasteiger partial charge < -0.3 is 9.80 Å². The quantitative estimate of drug-likeness (QED) is 0.851. The van der Waals surface area contributed by atoms with Crippen LogP contribution in [0.25, 0.3) is 0 Å². The highest BCUT2D eigenvalue weighted by atomic mass is 16.2. The number of para-hydroxylation sites is 1. The molecule has 0 bridgehead atoms. The summed E-state index contributed by atoms with van der Waals surface area (Å²) in [4.78, 5) is 29.5. The summed E-state index contributed by atoms with van der Waals surface area (Å²) < 4.78 is 0. The van der Waals surface area contributed by atoms with E-state index < -0.39 is 0 Å². The molecule has 2 aliphatic rings. The summed E-state index contributed by atoms with van der Waals surface area (Å²) in [7, 11) is 0. The standard InChI is InChI=1S/C22H24N2O2/c1-2-24(18-10-4-3-5-11-18)22(26)20-14-19(20)21(25)23-13-12-16-8-6-7-9-17(16)15-23/h3-11,19-20H,2,12-15H2,1H3. The Morgan fingerprint density at radius 1 is 1.00 bits per heavy atom. The van der Waals surface area contributed by atoms with Gasteiger partial charge >= 0.3 is 0 Å². The molecule has 1 fully saturated rings. The Morgan fingerprint density at radius 3 is 2.42 bits per heavy atom. The van der Waals surface area contributed by atoms with Gasteiger partial charge in [-0.1, -0.05) is 42.5 Å². The lowest BCUT2D eigenvalue weighted by Gasteiger charge is -2.29. The molecule has 0 radical (unpaired) electrons. The highest BCUT2D eigenvalue weighted by Crippen LogP contribution is 2.42. The summed E-state index contributed by atoms with van der Waals surface area (Å²) in [6.45, 7) is 4.02. The van der Waals surface area contributed by atoms with Gasteiger partial charge in [0.15, 0.2) is 0 Å². The summed E-state index contributed by atoms with van der Waals surface area (Å²) >= 11 is 0. The van der Waals surface area contributed by atoms with Gasteiger partial charge in [-0.2, -0.15) is 0 Å². The van der Waals surface area contributed by atoms with Crippen molar-refractivity contribution in [2.45, 2.75) is 26.3 Å². The van der Waals surface area contributed by atoms with Gasteiger partial charge in [-0.25, -0.2) is 0 Å². The molecule has 2 unspecified atom stereocenters. The fourth-order valence-corrected chi connectivity index (χ4v) is 3.93. The average Bonchev–Trinajstić information content (AvgIpc) is 3.49. The molecular formula is C22H24N2O2. The number of nitrogens with zero attached hydrogens (tertiary/aromatic N) is 2. The second kappa shape index (κ2) is 6.94. The molecule has 2 aromatic carbocycles. The molecular weight excluding hydrogens is 324 g/mol. The predicted octanol–water partition coefficient (Wildman–Crippen LogP) is 3.26. The summed E-state index contributed by atoms with van der Waals surface area (Å²) in [5, 5.41) is 0. The van der Waals surface area contributed by atoms with Gasteiger partial charge in [0.25, 0.3) is 0 Å². The number of anilines is 1. The van der Waals surface area contributed by atoms with E-state index in [0.29, 0.717) is 19.5 Å². The number of carbonyl (C=O) groups is 2. The summed E-state index contributed by atoms with van der Waals surface area (Å²) in [6.07, 6.45) is 1.58. The minimum atomic E-state index is -0.167. The van der Waals surface area contributed by atoms with Gasteiger partial charge in [-0.15, -0.1) is 0 Å². The number of amides is 2. The molecule has 1 heterocycles. The number of rotatable bonds is 4. The molecule has 2 atom stereocenters. The van der Waals surface area contributed by atoms with Crippen LogP contribution in [0.4, 0.5) is 5.69 Å². The van der Waals surface area contributed by atoms with Crippen molar-refractivity contribution in [1.82, 2.24) is 4.90 Å². The van der Waals surface area contributed by atoms with Crippen LogP contribution < -0.4 is 4.90 Å². The molecule has 0 saturated heterocycles. The van der Waals surface area contributed by atoms with Crippen LogP contribution in [0.1, 0.15) is 24.5 Å². The van der Waals surface area contributed by atoms with Crippen molar-refractivity contribution in [2.24, 2.45) is 11.8 Å². The van der Waals surface area contributed by atoms with E-state index in [2.05, 4.69) is 18.2 Å². The van der Waals surface area contributed by atoms with E-state index in [-0.39, 0.29) is 23.7 Å². The van der Waals surface area contributed by atoms with Crippen LogP contribution in [0.15, 0.2) is 54.6 Å². The van der Waals surface area contributed by atoms with Crippen LogP contribution in [0.3, 0.4) is 0 Å². The lowest BCUT2D eigenvalue weighted by molar-refractivity contribution is -0.135. The Hall–Kier alpha value is -2.62. The molecule has 1 aliphatic heterocycles. The van der Waals surface area contributed by atoms with Crippen molar-refractivity contribution in [1.29, 1.82) is 0 Å². The van der Waals surface area contributed by atoms with Gasteiger partial charge in [-0.05, 0) is 43.0 Å². The number of fused-ring (bicyclic) bond motifs is 1. The Balaban J connectivity index is 1.42. The minimum Gasteiger partial charge on any atom is -0.338 e. The SMILES string of the molecule is CCN(C(=O)C1CC1C(=O)N1CCc2ccccc2C1)c1ccccc1. The van der Waals surface area contributed by atoms with E-state index in [1.807, 2.05) is 48.2 Å². The van der Waals surface area contributed by atoms with Crippen molar-refractivity contribution < 1.29 is 9.59 Å². The van der Waals surface area contributed by atoms with Crippen LogP contribution in [-0.2, 0) is 22.6 Å². The lowest BCUT2D eigenvalue weighted by Crippen LogP contribution is -2.38. The summed E-state index contributed by atoms with van der Waals surface area (Å²) in [6, 6.07) is 18.0. The van der Waals surface area contributed by atoms with Gasteiger partial charge in [0, 0.05) is 25.3 Å². The zero-order chi connectivity index (χ0) is 18.1. The Bertz CT molecular complexity index is 818. The van der Waals surface area contributed by atoms with Crippen molar-refractivity contribution >= 4 is 17.5 Å².